The molecule has 2 aliphatic rings. The maximum absolute atomic E-state index is 5.63. The molecule has 17 heavy (non-hydrogen) atoms. The van der Waals surface area contributed by atoms with Crippen molar-refractivity contribution in [1.29, 1.82) is 0 Å². The minimum atomic E-state index is 0.553. The zero-order valence-electron chi connectivity index (χ0n) is 10.4. The molecule has 0 amide bonds. The van der Waals surface area contributed by atoms with E-state index in [1.54, 1.807) is 6.26 Å². The topological polar surface area (TPSA) is 25.2 Å². The Morgan fingerprint density at radius 1 is 1.35 bits per heavy atom. The van der Waals surface area contributed by atoms with Gasteiger partial charge in [-0.15, -0.1) is 0 Å². The Morgan fingerprint density at radius 3 is 3.00 bits per heavy atom. The molecule has 1 saturated carbocycles. The Labute approximate surface area is 103 Å². The number of furan rings is 1. The lowest BCUT2D eigenvalue weighted by molar-refractivity contribution is 0.352. The number of hydrogen-bond acceptors (Lipinski definition) is 2. The van der Waals surface area contributed by atoms with E-state index in [2.05, 4.69) is 30.5 Å². The average Bonchev–Trinajstić information content (AvgIpc) is 3.05. The Bertz CT molecular complexity index is 382. The molecule has 1 fully saturated rings. The number of nitrogens with one attached hydrogen (secondary N) is 1. The molecule has 92 valence electrons. The first kappa shape index (κ1) is 11.1. The molecular formula is C15H21NO. The van der Waals surface area contributed by atoms with E-state index < -0.39 is 0 Å². The summed E-state index contributed by atoms with van der Waals surface area (Å²) >= 11 is 0. The molecule has 4 atom stereocenters. The summed E-state index contributed by atoms with van der Waals surface area (Å²) in [5.41, 5.74) is 0. The highest BCUT2D eigenvalue weighted by Crippen LogP contribution is 2.49. The lowest BCUT2D eigenvalue weighted by Gasteiger charge is -2.27. The van der Waals surface area contributed by atoms with E-state index in [4.69, 9.17) is 4.42 Å². The Hall–Kier alpha value is -1.02. The summed E-state index contributed by atoms with van der Waals surface area (Å²) in [4.78, 5) is 0. The number of allylic oxidation sites excluding steroid dienone is 1. The van der Waals surface area contributed by atoms with Crippen LogP contribution >= 0.6 is 0 Å². The van der Waals surface area contributed by atoms with E-state index in [-0.39, 0.29) is 0 Å². The maximum Gasteiger partial charge on any atom is 0.109 e. The second kappa shape index (κ2) is 4.69. The van der Waals surface area contributed by atoms with Crippen LogP contribution in [-0.4, -0.2) is 12.6 Å². The molecular weight excluding hydrogens is 210 g/mol. The molecule has 0 aromatic carbocycles. The summed E-state index contributed by atoms with van der Waals surface area (Å²) in [6.45, 7) is 3.38. The smallest absolute Gasteiger partial charge is 0.109 e. The number of fused-ring (bicyclic) bond motifs is 2. The van der Waals surface area contributed by atoms with Gasteiger partial charge in [0.1, 0.15) is 5.76 Å². The Balaban J connectivity index is 1.74. The molecule has 0 spiro atoms. The highest BCUT2D eigenvalue weighted by molar-refractivity contribution is 5.25. The normalized spacial score (nSPS) is 34.6. The van der Waals surface area contributed by atoms with Gasteiger partial charge in [-0.1, -0.05) is 25.5 Å². The van der Waals surface area contributed by atoms with Crippen molar-refractivity contribution >= 4 is 0 Å². The van der Waals surface area contributed by atoms with E-state index >= 15 is 0 Å². The van der Waals surface area contributed by atoms with Crippen LogP contribution in [0.15, 0.2) is 35.0 Å². The molecule has 2 bridgehead atoms. The molecule has 0 saturated heterocycles. The predicted molar refractivity (Wildman–Crippen MR) is 68.9 cm³/mol. The van der Waals surface area contributed by atoms with E-state index in [1.165, 1.54) is 19.3 Å². The number of unbranched alkanes of at least 4 members (excludes halogenated alkanes) is 1. The van der Waals surface area contributed by atoms with Gasteiger partial charge in [0, 0.05) is 12.0 Å². The summed E-state index contributed by atoms with van der Waals surface area (Å²) < 4.78 is 5.63. The van der Waals surface area contributed by atoms with Gasteiger partial charge in [-0.2, -0.15) is 0 Å². The molecule has 2 heteroatoms. The summed E-state index contributed by atoms with van der Waals surface area (Å²) in [7, 11) is 0. The van der Waals surface area contributed by atoms with Crippen molar-refractivity contribution < 1.29 is 4.42 Å². The van der Waals surface area contributed by atoms with Crippen LogP contribution in [0.1, 0.15) is 37.9 Å². The Morgan fingerprint density at radius 2 is 2.24 bits per heavy atom. The van der Waals surface area contributed by atoms with Crippen molar-refractivity contribution in [3.63, 3.8) is 0 Å². The second-order valence-electron chi connectivity index (χ2n) is 5.32. The van der Waals surface area contributed by atoms with Crippen molar-refractivity contribution in [1.82, 2.24) is 5.32 Å². The molecule has 1 N–H and O–H groups in total. The van der Waals surface area contributed by atoms with Crippen LogP contribution in [0, 0.1) is 11.8 Å². The first-order chi connectivity index (χ1) is 8.40. The van der Waals surface area contributed by atoms with Gasteiger partial charge in [-0.3, -0.25) is 0 Å². The van der Waals surface area contributed by atoms with Crippen LogP contribution < -0.4 is 5.32 Å². The molecule has 0 radical (unpaired) electrons. The van der Waals surface area contributed by atoms with E-state index in [9.17, 15) is 0 Å². The highest BCUT2D eigenvalue weighted by atomic mass is 16.3. The van der Waals surface area contributed by atoms with Gasteiger partial charge in [0.05, 0.1) is 6.26 Å². The van der Waals surface area contributed by atoms with Crippen LogP contribution in [0.2, 0.25) is 0 Å². The van der Waals surface area contributed by atoms with Crippen molar-refractivity contribution in [3.8, 4) is 0 Å². The molecule has 1 aromatic rings. The number of rotatable bonds is 5. The van der Waals surface area contributed by atoms with Gasteiger partial charge in [-0.05, 0) is 43.4 Å². The first-order valence-electron chi connectivity index (χ1n) is 6.85. The van der Waals surface area contributed by atoms with Gasteiger partial charge < -0.3 is 9.73 Å². The fourth-order valence-corrected chi connectivity index (χ4v) is 3.41. The van der Waals surface area contributed by atoms with Gasteiger partial charge in [0.25, 0.3) is 0 Å². The third kappa shape index (κ3) is 1.95. The SMILES string of the molecule is CCCCNC1C2C=CC(C2)C1c1ccco1. The fourth-order valence-electron chi connectivity index (χ4n) is 3.41. The molecule has 3 rings (SSSR count). The number of hydrogen-bond donors (Lipinski definition) is 1. The van der Waals surface area contributed by atoms with Crippen LogP contribution in [0.3, 0.4) is 0 Å². The van der Waals surface area contributed by atoms with Gasteiger partial charge in [0.15, 0.2) is 0 Å². The van der Waals surface area contributed by atoms with Crippen LogP contribution in [0.4, 0.5) is 0 Å². The van der Waals surface area contributed by atoms with E-state index in [1.807, 2.05) is 6.07 Å². The molecule has 2 nitrogen and oxygen atoms in total. The molecule has 4 unspecified atom stereocenters. The summed E-state index contributed by atoms with van der Waals surface area (Å²) in [6.07, 6.45) is 10.4. The third-order valence-electron chi connectivity index (χ3n) is 4.24. The lowest BCUT2D eigenvalue weighted by atomic mass is 9.87. The molecule has 2 aliphatic carbocycles. The minimum absolute atomic E-state index is 0.553. The summed E-state index contributed by atoms with van der Waals surface area (Å²) in [6, 6.07) is 4.73. The van der Waals surface area contributed by atoms with Crippen LogP contribution in [0.25, 0.3) is 0 Å². The monoisotopic (exact) mass is 231 g/mol. The minimum Gasteiger partial charge on any atom is -0.469 e. The Kier molecular flexibility index (Phi) is 3.06. The van der Waals surface area contributed by atoms with Crippen molar-refractivity contribution in [2.45, 2.75) is 38.1 Å². The van der Waals surface area contributed by atoms with Gasteiger partial charge >= 0.3 is 0 Å². The molecule has 0 aliphatic heterocycles. The summed E-state index contributed by atoms with van der Waals surface area (Å²) in [5, 5.41) is 3.74. The standard InChI is InChI=1S/C15H21NO/c1-2-3-8-16-15-12-7-6-11(10-12)14(15)13-5-4-9-17-13/h4-7,9,11-12,14-16H,2-3,8,10H2,1H3. The third-order valence-corrected chi connectivity index (χ3v) is 4.24. The van der Waals surface area contributed by atoms with E-state index in [0.717, 1.165) is 12.3 Å². The highest BCUT2D eigenvalue weighted by Gasteiger charge is 2.45. The fraction of sp³-hybridized carbons (Fsp3) is 0.600. The lowest BCUT2D eigenvalue weighted by Crippen LogP contribution is -2.38. The van der Waals surface area contributed by atoms with Crippen molar-refractivity contribution in [3.05, 3.63) is 36.3 Å². The first-order valence-corrected chi connectivity index (χ1v) is 6.85. The maximum atomic E-state index is 5.63. The van der Waals surface area contributed by atoms with Crippen LogP contribution in [0.5, 0.6) is 0 Å². The quantitative estimate of drug-likeness (QED) is 0.621. The van der Waals surface area contributed by atoms with Crippen LogP contribution in [-0.2, 0) is 0 Å². The zero-order chi connectivity index (χ0) is 11.7. The molecule has 1 heterocycles. The van der Waals surface area contributed by atoms with E-state index in [0.29, 0.717) is 23.8 Å². The van der Waals surface area contributed by atoms with Gasteiger partial charge in [-0.25, -0.2) is 0 Å². The largest absolute Gasteiger partial charge is 0.469 e. The van der Waals surface area contributed by atoms with Gasteiger partial charge in [0.2, 0.25) is 0 Å². The van der Waals surface area contributed by atoms with Crippen molar-refractivity contribution in [2.24, 2.45) is 11.8 Å². The second-order valence-corrected chi connectivity index (χ2v) is 5.32. The zero-order valence-corrected chi connectivity index (χ0v) is 10.4. The summed E-state index contributed by atoms with van der Waals surface area (Å²) in [5.74, 6) is 3.12. The molecule has 1 aromatic heterocycles. The average molecular weight is 231 g/mol. The predicted octanol–water partition coefficient (Wildman–Crippen LogP) is 3.33. The van der Waals surface area contributed by atoms with Crippen molar-refractivity contribution in [2.75, 3.05) is 6.54 Å².